The van der Waals surface area contributed by atoms with Crippen LogP contribution in [0.25, 0.3) is 0 Å². The number of para-hydroxylation sites is 1. The van der Waals surface area contributed by atoms with Crippen molar-refractivity contribution < 1.29 is 18.7 Å². The smallest absolute Gasteiger partial charge is 0.322 e. The molecule has 2 aromatic carbocycles. The summed E-state index contributed by atoms with van der Waals surface area (Å²) in [7, 11) is 0. The van der Waals surface area contributed by atoms with Crippen LogP contribution in [0.2, 0.25) is 0 Å². The predicted molar refractivity (Wildman–Crippen MR) is 121 cm³/mol. The van der Waals surface area contributed by atoms with Crippen molar-refractivity contribution in [1.82, 2.24) is 14.9 Å². The van der Waals surface area contributed by atoms with Crippen molar-refractivity contribution in [3.63, 3.8) is 0 Å². The number of anilines is 1. The third kappa shape index (κ3) is 4.20. The van der Waals surface area contributed by atoms with Crippen LogP contribution < -0.4 is 14.8 Å². The largest absolute Gasteiger partial charge is 0.493 e. The van der Waals surface area contributed by atoms with E-state index in [0.717, 1.165) is 11.3 Å². The van der Waals surface area contributed by atoms with Gasteiger partial charge in [-0.15, -0.1) is 0 Å². The zero-order valence-corrected chi connectivity index (χ0v) is 18.5. The molecule has 0 unspecified atom stereocenters. The summed E-state index contributed by atoms with van der Waals surface area (Å²) in [4.78, 5) is 23.5. The molecular formula is C25H25FN4O3. The summed E-state index contributed by atoms with van der Waals surface area (Å²) >= 11 is 0. The minimum Gasteiger partial charge on any atom is -0.493 e. The molecule has 2 amide bonds. The fraction of sp³-hybridized carbons (Fsp3) is 0.320. The first-order chi connectivity index (χ1) is 16.0. The van der Waals surface area contributed by atoms with Crippen molar-refractivity contribution in [2.45, 2.75) is 19.9 Å². The van der Waals surface area contributed by atoms with E-state index in [9.17, 15) is 9.18 Å². The molecule has 1 fully saturated rings. The third-order valence-corrected chi connectivity index (χ3v) is 6.33. The number of halogens is 1. The fourth-order valence-corrected chi connectivity index (χ4v) is 4.62. The highest BCUT2D eigenvalue weighted by atomic mass is 19.1. The minimum atomic E-state index is -0.352. The fourth-order valence-electron chi connectivity index (χ4n) is 4.62. The minimum absolute atomic E-state index is 0.0409. The molecule has 1 saturated heterocycles. The number of nitrogens with zero attached hydrogens (tertiary/aromatic N) is 3. The second-order valence-electron chi connectivity index (χ2n) is 8.52. The van der Waals surface area contributed by atoms with Gasteiger partial charge >= 0.3 is 6.03 Å². The molecule has 170 valence electrons. The molecular weight excluding hydrogens is 423 g/mol. The Hall–Kier alpha value is -3.68. The number of carbonyl (C=O) groups is 1. The van der Waals surface area contributed by atoms with Crippen LogP contribution in [0.3, 0.4) is 0 Å². The van der Waals surface area contributed by atoms with Gasteiger partial charge in [0.1, 0.15) is 17.4 Å². The lowest BCUT2D eigenvalue weighted by molar-refractivity contribution is 0.128. The molecule has 33 heavy (non-hydrogen) atoms. The number of ether oxygens (including phenoxy) is 2. The van der Waals surface area contributed by atoms with Crippen LogP contribution in [0.5, 0.6) is 11.6 Å². The highest BCUT2D eigenvalue weighted by Gasteiger charge is 2.48. The molecule has 3 heterocycles. The molecule has 5 rings (SSSR count). The first-order valence-corrected chi connectivity index (χ1v) is 11.0. The van der Waals surface area contributed by atoms with E-state index in [1.54, 1.807) is 31.3 Å². The number of urea groups is 1. The van der Waals surface area contributed by atoms with Crippen LogP contribution in [-0.4, -0.2) is 40.7 Å². The highest BCUT2D eigenvalue weighted by Crippen LogP contribution is 2.47. The molecule has 0 aliphatic carbocycles. The molecule has 7 nitrogen and oxygen atoms in total. The van der Waals surface area contributed by atoms with Crippen molar-refractivity contribution >= 4 is 11.7 Å². The average Bonchev–Trinajstić information content (AvgIpc) is 3.19. The highest BCUT2D eigenvalue weighted by molar-refractivity contribution is 5.90. The molecule has 3 aromatic rings. The van der Waals surface area contributed by atoms with Gasteiger partial charge in [-0.2, -0.15) is 4.98 Å². The van der Waals surface area contributed by atoms with E-state index in [1.807, 2.05) is 36.1 Å². The van der Waals surface area contributed by atoms with Crippen molar-refractivity contribution in [2.24, 2.45) is 11.8 Å². The van der Waals surface area contributed by atoms with Crippen LogP contribution in [-0.2, 0) is 0 Å². The molecule has 2 aliphatic rings. The molecule has 0 saturated carbocycles. The number of hydrogen-bond acceptors (Lipinski definition) is 5. The molecule has 0 radical (unpaired) electrons. The first-order valence-electron chi connectivity index (χ1n) is 11.0. The lowest BCUT2D eigenvalue weighted by Gasteiger charge is -2.34. The number of rotatable bonds is 4. The van der Waals surface area contributed by atoms with Crippen LogP contribution in [0.15, 0.2) is 54.7 Å². The van der Waals surface area contributed by atoms with E-state index < -0.39 is 0 Å². The topological polar surface area (TPSA) is 76.6 Å². The Morgan fingerprint density at radius 2 is 2.09 bits per heavy atom. The monoisotopic (exact) mass is 448 g/mol. The van der Waals surface area contributed by atoms with Crippen molar-refractivity contribution in [1.29, 1.82) is 0 Å². The molecule has 3 atom stereocenters. The number of hydrogen-bond donors (Lipinski definition) is 1. The average molecular weight is 448 g/mol. The number of likely N-dealkylation sites (tertiary alicyclic amines) is 1. The van der Waals surface area contributed by atoms with E-state index in [-0.39, 0.29) is 29.7 Å². The van der Waals surface area contributed by atoms with Gasteiger partial charge in [0.25, 0.3) is 0 Å². The van der Waals surface area contributed by atoms with E-state index in [0.29, 0.717) is 42.7 Å². The Labute approximate surface area is 191 Å². The van der Waals surface area contributed by atoms with Gasteiger partial charge < -0.3 is 19.7 Å². The Kier molecular flexibility index (Phi) is 5.58. The quantitative estimate of drug-likeness (QED) is 0.635. The van der Waals surface area contributed by atoms with E-state index >= 15 is 0 Å². The SMILES string of the molecule is Cc1nccc(OC[C@@H]2CN(C(=O)Nc3ccc(C)c(F)c3)[C@H]3c4ccccc4OC[C@@H]23)n1. The Balaban J connectivity index is 1.39. The van der Waals surface area contributed by atoms with Gasteiger partial charge in [0.2, 0.25) is 5.88 Å². The summed E-state index contributed by atoms with van der Waals surface area (Å²) in [5.41, 5.74) is 1.93. The Bertz CT molecular complexity index is 1190. The van der Waals surface area contributed by atoms with Gasteiger partial charge in [-0.3, -0.25) is 0 Å². The predicted octanol–water partition coefficient (Wildman–Crippen LogP) is 4.53. The zero-order chi connectivity index (χ0) is 22.9. The second-order valence-corrected chi connectivity index (χ2v) is 8.52. The second kappa shape index (κ2) is 8.69. The van der Waals surface area contributed by atoms with E-state index in [4.69, 9.17) is 9.47 Å². The standard InChI is InChI=1S/C25H25FN4O3/c1-15-7-8-18(11-21(15)26)29-25(31)30-12-17(13-33-23-9-10-27-16(2)28-23)20-14-32-22-6-4-3-5-19(22)24(20)30/h3-11,17,20,24H,12-14H2,1-2H3,(H,29,31)/t17-,20-,24-/m0/s1. The van der Waals surface area contributed by atoms with Gasteiger partial charge in [0, 0.05) is 41.9 Å². The lowest BCUT2D eigenvalue weighted by Crippen LogP contribution is -2.38. The lowest BCUT2D eigenvalue weighted by atomic mass is 9.86. The molecule has 2 aliphatic heterocycles. The Morgan fingerprint density at radius 3 is 2.91 bits per heavy atom. The summed E-state index contributed by atoms with van der Waals surface area (Å²) < 4.78 is 26.0. The molecule has 0 spiro atoms. The van der Waals surface area contributed by atoms with Gasteiger partial charge in [0.05, 0.1) is 19.3 Å². The normalized spacial score (nSPS) is 21.1. The molecule has 0 bridgehead atoms. The van der Waals surface area contributed by atoms with E-state index in [1.165, 1.54) is 6.07 Å². The van der Waals surface area contributed by atoms with Crippen molar-refractivity contribution in [3.05, 3.63) is 77.5 Å². The summed E-state index contributed by atoms with van der Waals surface area (Å²) in [6.07, 6.45) is 1.66. The zero-order valence-electron chi connectivity index (χ0n) is 18.5. The van der Waals surface area contributed by atoms with E-state index in [2.05, 4.69) is 15.3 Å². The number of carbonyl (C=O) groups excluding carboxylic acids is 1. The summed E-state index contributed by atoms with van der Waals surface area (Å²) in [6.45, 7) is 4.86. The third-order valence-electron chi connectivity index (χ3n) is 6.33. The van der Waals surface area contributed by atoms with Crippen LogP contribution in [0.4, 0.5) is 14.9 Å². The molecule has 8 heteroatoms. The van der Waals surface area contributed by atoms with Crippen molar-refractivity contribution in [2.75, 3.05) is 25.1 Å². The van der Waals surface area contributed by atoms with Gasteiger partial charge in [-0.05, 0) is 37.6 Å². The number of amides is 2. The molecule has 1 N–H and O–H groups in total. The molecule has 1 aromatic heterocycles. The maximum Gasteiger partial charge on any atom is 0.322 e. The summed E-state index contributed by atoms with van der Waals surface area (Å²) in [6, 6.07) is 13.8. The van der Waals surface area contributed by atoms with Crippen molar-refractivity contribution in [3.8, 4) is 11.6 Å². The number of nitrogens with one attached hydrogen (secondary N) is 1. The van der Waals surface area contributed by atoms with Crippen LogP contribution in [0.1, 0.15) is 23.0 Å². The van der Waals surface area contributed by atoms with Gasteiger partial charge in [-0.1, -0.05) is 24.3 Å². The summed E-state index contributed by atoms with van der Waals surface area (Å²) in [5, 5.41) is 2.86. The maximum atomic E-state index is 14.0. The van der Waals surface area contributed by atoms with Gasteiger partial charge in [-0.25, -0.2) is 14.2 Å². The number of aryl methyl sites for hydroxylation is 2. The van der Waals surface area contributed by atoms with Gasteiger partial charge in [0.15, 0.2) is 0 Å². The number of aromatic nitrogens is 2. The number of benzene rings is 2. The maximum absolute atomic E-state index is 14.0. The van der Waals surface area contributed by atoms with Crippen LogP contribution in [0, 0.1) is 31.5 Å². The summed E-state index contributed by atoms with van der Waals surface area (Å²) in [5.74, 6) is 1.68. The van der Waals surface area contributed by atoms with Crippen LogP contribution >= 0.6 is 0 Å². The first kappa shape index (κ1) is 21.2. The Morgan fingerprint density at radius 1 is 1.24 bits per heavy atom. The number of fused-ring (bicyclic) bond motifs is 3.